The number of fused-ring (bicyclic) bond motifs is 1. The molecule has 0 unspecified atom stereocenters. The van der Waals surface area contributed by atoms with E-state index < -0.39 is 0 Å². The van der Waals surface area contributed by atoms with E-state index in [0.29, 0.717) is 21.6 Å². The quantitative estimate of drug-likeness (QED) is 0.146. The SMILES string of the molecule is C[C@@H](c1ccc(Cl)cc1)n1cnc(-c2ccccc2)c1-c1c(C(=O)Nc2[nH]ncc2-c2cccc(N3CCN(C)CC3)c2)[nH]c2cc(Cl)ccc12. The van der Waals surface area contributed by atoms with Gasteiger partial charge >= 0.3 is 0 Å². The molecule has 0 bridgehead atoms. The van der Waals surface area contributed by atoms with Gasteiger partial charge in [0.1, 0.15) is 11.5 Å². The molecule has 1 saturated heterocycles. The molecule has 0 aliphatic carbocycles. The zero-order valence-corrected chi connectivity index (χ0v) is 29.7. The third kappa shape index (κ3) is 6.40. The van der Waals surface area contributed by atoms with E-state index in [-0.39, 0.29) is 11.9 Å². The molecule has 51 heavy (non-hydrogen) atoms. The Morgan fingerprint density at radius 2 is 1.61 bits per heavy atom. The standard InChI is InChI=1S/C40H36Cl2N8O/c1-25(26-11-13-29(41)14-12-26)50-24-43-36(27-7-4-3-5-8-27)38(50)35-32-16-15-30(42)22-34(32)45-37(35)40(51)46-39-33(23-44-47-39)28-9-6-10-31(21-28)49-19-17-48(2)18-20-49/h3-16,21-25,45H,17-20H2,1-2H3,(H2,44,46,47,51)/t25-/m0/s1. The molecule has 1 aliphatic rings. The number of halogens is 2. The lowest BCUT2D eigenvalue weighted by Gasteiger charge is -2.34. The highest BCUT2D eigenvalue weighted by molar-refractivity contribution is 6.31. The fourth-order valence-electron chi connectivity index (χ4n) is 6.91. The fraction of sp³-hybridized carbons (Fsp3) is 0.175. The summed E-state index contributed by atoms with van der Waals surface area (Å²) < 4.78 is 2.12. The molecular weight excluding hydrogens is 679 g/mol. The molecule has 0 radical (unpaired) electrons. The van der Waals surface area contributed by atoms with Crippen molar-refractivity contribution in [1.82, 2.24) is 29.6 Å². The normalized spacial score (nSPS) is 14.2. The Bertz CT molecular complexity index is 2340. The number of carbonyl (C=O) groups is 1. The number of piperazine rings is 1. The Kier molecular flexibility index (Phi) is 8.85. The fourth-order valence-corrected chi connectivity index (χ4v) is 7.21. The van der Waals surface area contributed by atoms with E-state index in [1.165, 1.54) is 0 Å². The molecule has 1 fully saturated rings. The van der Waals surface area contributed by atoms with Gasteiger partial charge in [0.2, 0.25) is 0 Å². The van der Waals surface area contributed by atoms with Crippen LogP contribution in [0, 0.1) is 0 Å². The van der Waals surface area contributed by atoms with Gasteiger partial charge < -0.3 is 24.7 Å². The highest BCUT2D eigenvalue weighted by Crippen LogP contribution is 2.42. The van der Waals surface area contributed by atoms with E-state index in [2.05, 4.69) is 67.0 Å². The molecule has 1 atom stereocenters. The van der Waals surface area contributed by atoms with Crippen molar-refractivity contribution in [3.63, 3.8) is 0 Å². The predicted octanol–water partition coefficient (Wildman–Crippen LogP) is 9.01. The molecule has 1 aliphatic heterocycles. The number of nitrogens with one attached hydrogen (secondary N) is 3. The number of benzene rings is 4. The molecule has 11 heteroatoms. The first-order chi connectivity index (χ1) is 24.8. The van der Waals surface area contributed by atoms with Crippen molar-refractivity contribution < 1.29 is 4.79 Å². The van der Waals surface area contributed by atoms with Gasteiger partial charge in [0, 0.05) is 69.5 Å². The summed E-state index contributed by atoms with van der Waals surface area (Å²) in [4.78, 5) is 27.7. The Morgan fingerprint density at radius 3 is 2.39 bits per heavy atom. The van der Waals surface area contributed by atoms with Crippen LogP contribution < -0.4 is 10.2 Å². The molecule has 7 aromatic rings. The zero-order valence-electron chi connectivity index (χ0n) is 28.2. The molecule has 8 rings (SSSR count). The second-order valence-corrected chi connectivity index (χ2v) is 13.8. The van der Waals surface area contributed by atoms with Crippen LogP contribution in [0.1, 0.15) is 29.0 Å². The van der Waals surface area contributed by atoms with Gasteiger partial charge in [-0.1, -0.05) is 83.9 Å². The summed E-state index contributed by atoms with van der Waals surface area (Å²) in [7, 11) is 2.15. The second-order valence-electron chi connectivity index (χ2n) is 13.0. The van der Waals surface area contributed by atoms with E-state index in [1.807, 2.05) is 85.2 Å². The number of anilines is 2. The molecular formula is C40H36Cl2N8O. The number of hydrogen-bond donors (Lipinski definition) is 3. The Morgan fingerprint density at radius 1 is 0.863 bits per heavy atom. The van der Waals surface area contributed by atoms with Crippen molar-refractivity contribution in [2.45, 2.75) is 13.0 Å². The first-order valence-electron chi connectivity index (χ1n) is 16.9. The van der Waals surface area contributed by atoms with Crippen LogP contribution >= 0.6 is 23.2 Å². The third-order valence-electron chi connectivity index (χ3n) is 9.74. The second kappa shape index (κ2) is 13.8. The lowest BCUT2D eigenvalue weighted by Crippen LogP contribution is -2.44. The number of aromatic nitrogens is 5. The minimum absolute atomic E-state index is 0.137. The summed E-state index contributed by atoms with van der Waals surface area (Å²) in [5, 5.41) is 12.6. The molecule has 1 amide bonds. The van der Waals surface area contributed by atoms with E-state index in [9.17, 15) is 4.79 Å². The van der Waals surface area contributed by atoms with Crippen LogP contribution in [0.2, 0.25) is 10.0 Å². The largest absolute Gasteiger partial charge is 0.369 e. The Labute approximate surface area is 305 Å². The average Bonchev–Trinajstić information content (AvgIpc) is 3.89. The highest BCUT2D eigenvalue weighted by atomic mass is 35.5. The van der Waals surface area contributed by atoms with Crippen LogP contribution in [-0.4, -0.2) is 68.8 Å². The van der Waals surface area contributed by atoms with Crippen LogP contribution in [0.25, 0.3) is 44.5 Å². The minimum atomic E-state index is -0.330. The van der Waals surface area contributed by atoms with Crippen molar-refractivity contribution in [3.05, 3.63) is 131 Å². The topological polar surface area (TPSA) is 97.9 Å². The van der Waals surface area contributed by atoms with Gasteiger partial charge in [-0.3, -0.25) is 9.89 Å². The average molecular weight is 716 g/mol. The highest BCUT2D eigenvalue weighted by Gasteiger charge is 2.28. The first kappa shape index (κ1) is 32.8. The maximum atomic E-state index is 14.6. The number of rotatable bonds is 8. The Balaban J connectivity index is 1.23. The Hall–Kier alpha value is -5.35. The number of amides is 1. The van der Waals surface area contributed by atoms with Gasteiger partial charge in [-0.25, -0.2) is 4.98 Å². The van der Waals surface area contributed by atoms with Gasteiger partial charge in [-0.2, -0.15) is 5.10 Å². The molecule has 9 nitrogen and oxygen atoms in total. The van der Waals surface area contributed by atoms with Gasteiger partial charge in [0.05, 0.1) is 30.0 Å². The predicted molar refractivity (Wildman–Crippen MR) is 207 cm³/mol. The molecule has 3 aromatic heterocycles. The lowest BCUT2D eigenvalue weighted by molar-refractivity contribution is 0.102. The maximum absolute atomic E-state index is 14.6. The van der Waals surface area contributed by atoms with Gasteiger partial charge in [-0.15, -0.1) is 0 Å². The molecule has 0 saturated carbocycles. The number of H-pyrrole nitrogens is 2. The maximum Gasteiger partial charge on any atom is 0.273 e. The van der Waals surface area contributed by atoms with Gasteiger partial charge in [0.15, 0.2) is 0 Å². The number of carbonyl (C=O) groups excluding carboxylic acids is 1. The molecule has 4 aromatic carbocycles. The van der Waals surface area contributed by atoms with Crippen LogP contribution in [0.15, 0.2) is 110 Å². The van der Waals surface area contributed by atoms with Gasteiger partial charge in [-0.05, 0) is 61.5 Å². The minimum Gasteiger partial charge on any atom is -0.369 e. The molecule has 4 heterocycles. The van der Waals surface area contributed by atoms with E-state index in [0.717, 1.165) is 82.0 Å². The van der Waals surface area contributed by atoms with Crippen LogP contribution in [0.5, 0.6) is 0 Å². The van der Waals surface area contributed by atoms with Crippen LogP contribution in [0.3, 0.4) is 0 Å². The summed E-state index contributed by atoms with van der Waals surface area (Å²) in [6, 6.07) is 31.7. The summed E-state index contributed by atoms with van der Waals surface area (Å²) in [5.41, 5.74) is 8.26. The summed E-state index contributed by atoms with van der Waals surface area (Å²) >= 11 is 12.8. The molecule has 0 spiro atoms. The number of aromatic amines is 2. The van der Waals surface area contributed by atoms with E-state index in [1.54, 1.807) is 6.20 Å². The van der Waals surface area contributed by atoms with Crippen LogP contribution in [-0.2, 0) is 0 Å². The monoisotopic (exact) mass is 714 g/mol. The lowest BCUT2D eigenvalue weighted by atomic mass is 9.99. The number of hydrogen-bond acceptors (Lipinski definition) is 5. The number of likely N-dealkylation sites (N-methyl/N-ethyl adjacent to an activating group) is 1. The first-order valence-corrected chi connectivity index (χ1v) is 17.7. The van der Waals surface area contributed by atoms with Gasteiger partial charge in [0.25, 0.3) is 5.91 Å². The van der Waals surface area contributed by atoms with Crippen molar-refractivity contribution in [3.8, 4) is 33.6 Å². The van der Waals surface area contributed by atoms with E-state index in [4.69, 9.17) is 28.2 Å². The van der Waals surface area contributed by atoms with Crippen molar-refractivity contribution in [1.29, 1.82) is 0 Å². The van der Waals surface area contributed by atoms with E-state index >= 15 is 0 Å². The summed E-state index contributed by atoms with van der Waals surface area (Å²) in [5.74, 6) is 0.174. The molecule has 3 N–H and O–H groups in total. The molecule has 256 valence electrons. The number of imidazole rings is 1. The smallest absolute Gasteiger partial charge is 0.273 e. The zero-order chi connectivity index (χ0) is 35.1. The number of nitrogens with zero attached hydrogens (tertiary/aromatic N) is 5. The van der Waals surface area contributed by atoms with Crippen molar-refractivity contribution >= 4 is 51.5 Å². The third-order valence-corrected chi connectivity index (χ3v) is 10.2. The summed E-state index contributed by atoms with van der Waals surface area (Å²) in [6.45, 7) is 6.06. The summed E-state index contributed by atoms with van der Waals surface area (Å²) in [6.07, 6.45) is 3.59. The van der Waals surface area contributed by atoms with Crippen molar-refractivity contribution in [2.24, 2.45) is 0 Å². The van der Waals surface area contributed by atoms with Crippen molar-refractivity contribution in [2.75, 3.05) is 43.4 Å². The van der Waals surface area contributed by atoms with Crippen LogP contribution in [0.4, 0.5) is 11.5 Å².